The summed E-state index contributed by atoms with van der Waals surface area (Å²) in [5.74, 6) is 0. The van der Waals surface area contributed by atoms with E-state index in [0.29, 0.717) is 0 Å². The van der Waals surface area contributed by atoms with Crippen LogP contribution in [-0.2, 0) is 27.5 Å². The molecular formula is C6H20CuN6O4S-4. The quantitative estimate of drug-likeness (QED) is 0.586. The molecule has 0 spiro atoms. The van der Waals surface area contributed by atoms with Crippen LogP contribution in [0.3, 0.4) is 0 Å². The van der Waals surface area contributed by atoms with Gasteiger partial charge in [-0.3, -0.25) is 9.11 Å². The van der Waals surface area contributed by atoms with Gasteiger partial charge in [-0.25, -0.2) is 0 Å². The average Bonchev–Trinajstić information content (AvgIpc) is 2.27. The summed E-state index contributed by atoms with van der Waals surface area (Å²) in [7, 11) is -4.67. The van der Waals surface area contributed by atoms with Crippen LogP contribution in [0, 0.1) is 0 Å². The Morgan fingerprint density at radius 2 is 0.667 bits per heavy atom. The molecule has 8 N–H and O–H groups in total. The van der Waals surface area contributed by atoms with Crippen molar-refractivity contribution in [3.05, 3.63) is 34.4 Å². The molecule has 12 heteroatoms. The minimum Gasteiger partial charge on any atom is -0.679 e. The van der Waals surface area contributed by atoms with E-state index in [1.54, 1.807) is 0 Å². The Hall–Kier alpha value is 0.149. The van der Waals surface area contributed by atoms with Crippen LogP contribution in [0.15, 0.2) is 0 Å². The van der Waals surface area contributed by atoms with Crippen molar-refractivity contribution in [1.82, 2.24) is 0 Å². The van der Waals surface area contributed by atoms with Crippen molar-refractivity contribution >= 4 is 10.4 Å². The van der Waals surface area contributed by atoms with E-state index in [2.05, 4.69) is 0 Å². The van der Waals surface area contributed by atoms with E-state index in [4.69, 9.17) is 51.9 Å². The monoisotopic (exact) mass is 335 g/mol. The summed E-state index contributed by atoms with van der Waals surface area (Å²) in [6.45, 7) is 1.42. The fourth-order valence-electron chi connectivity index (χ4n) is 0. The van der Waals surface area contributed by atoms with Crippen molar-refractivity contribution in [1.29, 1.82) is 0 Å². The molecule has 0 atom stereocenters. The fourth-order valence-corrected chi connectivity index (χ4v) is 0. The van der Waals surface area contributed by atoms with Gasteiger partial charge in [0.05, 0.1) is 0 Å². The van der Waals surface area contributed by atoms with E-state index in [9.17, 15) is 0 Å². The Morgan fingerprint density at radius 3 is 0.667 bits per heavy atom. The van der Waals surface area contributed by atoms with E-state index in [0.717, 1.165) is 0 Å². The zero-order valence-electron chi connectivity index (χ0n) is 9.66. The topological polar surface area (TPSA) is 217 Å². The first-order chi connectivity index (χ1) is 7.74. The molecule has 0 aliphatic heterocycles. The molecule has 1 radical (unpaired) electrons. The molecule has 0 amide bonds. The summed E-state index contributed by atoms with van der Waals surface area (Å²) in [6, 6.07) is 0. The molecule has 0 rings (SSSR count). The SMILES string of the molecule is O=S(=O)(O)O.[Cu+2].[NH-]CC[NH-].[NH-]CC[NH-].[NH-]CC[NH-]. The largest absolute Gasteiger partial charge is 2.00 e. The van der Waals surface area contributed by atoms with Gasteiger partial charge in [0.2, 0.25) is 0 Å². The number of rotatable bonds is 3. The van der Waals surface area contributed by atoms with Crippen LogP contribution in [0.25, 0.3) is 34.4 Å². The Balaban J connectivity index is -0.0000000412. The van der Waals surface area contributed by atoms with Crippen LogP contribution >= 0.6 is 0 Å². The average molecular weight is 336 g/mol. The number of nitrogens with one attached hydrogen (secondary N) is 6. The molecule has 0 aromatic heterocycles. The van der Waals surface area contributed by atoms with Crippen molar-refractivity contribution in [2.45, 2.75) is 0 Å². The van der Waals surface area contributed by atoms with Crippen molar-refractivity contribution in [2.24, 2.45) is 0 Å². The second-order valence-electron chi connectivity index (χ2n) is 1.95. The first-order valence-electron chi connectivity index (χ1n) is 4.32. The number of hydrogen-bond acceptors (Lipinski definition) is 2. The van der Waals surface area contributed by atoms with Crippen LogP contribution in [0.1, 0.15) is 0 Å². The molecule has 0 aliphatic rings. The molecular weight excluding hydrogens is 316 g/mol. The summed E-state index contributed by atoms with van der Waals surface area (Å²) in [5, 5.41) is 0. The predicted molar refractivity (Wildman–Crippen MR) is 69.3 cm³/mol. The molecule has 18 heavy (non-hydrogen) atoms. The Morgan fingerprint density at radius 1 is 0.611 bits per heavy atom. The Bertz CT molecular complexity index is 171. The van der Waals surface area contributed by atoms with Crippen molar-refractivity contribution in [3.63, 3.8) is 0 Å². The first kappa shape index (κ1) is 30.9. The van der Waals surface area contributed by atoms with Gasteiger partial charge in [0.25, 0.3) is 0 Å². The van der Waals surface area contributed by atoms with Crippen LogP contribution in [0.4, 0.5) is 0 Å². The van der Waals surface area contributed by atoms with Gasteiger partial charge in [-0.1, -0.05) is 0 Å². The van der Waals surface area contributed by atoms with Crippen molar-refractivity contribution in [2.75, 3.05) is 39.3 Å². The van der Waals surface area contributed by atoms with Gasteiger partial charge in [0.1, 0.15) is 0 Å². The predicted octanol–water partition coefficient (Wildman–Crippen LogP) is 2.62. The van der Waals surface area contributed by atoms with Crippen molar-refractivity contribution < 1.29 is 34.6 Å². The molecule has 0 saturated carbocycles. The molecule has 0 aliphatic carbocycles. The maximum atomic E-state index is 8.74. The van der Waals surface area contributed by atoms with E-state index >= 15 is 0 Å². The molecule has 0 aromatic carbocycles. The smallest absolute Gasteiger partial charge is 0.679 e. The summed E-state index contributed by atoms with van der Waals surface area (Å²) in [5.41, 5.74) is 37.6. The van der Waals surface area contributed by atoms with E-state index in [1.165, 1.54) is 0 Å². The first-order valence-corrected chi connectivity index (χ1v) is 5.72. The molecule has 0 aromatic rings. The van der Waals surface area contributed by atoms with E-state index < -0.39 is 10.4 Å². The second-order valence-corrected chi connectivity index (χ2v) is 2.84. The van der Waals surface area contributed by atoms with Gasteiger partial charge >= 0.3 is 27.5 Å². The van der Waals surface area contributed by atoms with E-state index in [1.807, 2.05) is 0 Å². The summed E-state index contributed by atoms with van der Waals surface area (Å²) >= 11 is 0. The minimum atomic E-state index is -4.67. The van der Waals surface area contributed by atoms with Crippen LogP contribution < -0.4 is 0 Å². The number of hydrogen-bond donors (Lipinski definition) is 2. The molecule has 119 valence electrons. The zero-order valence-corrected chi connectivity index (χ0v) is 11.4. The van der Waals surface area contributed by atoms with Crippen LogP contribution in [0.2, 0.25) is 0 Å². The normalized spacial score (nSPS) is 8.22. The van der Waals surface area contributed by atoms with Gasteiger partial charge in [0, 0.05) is 0 Å². The van der Waals surface area contributed by atoms with Gasteiger partial charge in [-0.2, -0.15) is 47.7 Å². The maximum absolute atomic E-state index is 8.74. The van der Waals surface area contributed by atoms with Gasteiger partial charge in [-0.05, 0) is 0 Å². The third-order valence-corrected chi connectivity index (χ3v) is 0.375. The summed E-state index contributed by atoms with van der Waals surface area (Å²) in [4.78, 5) is 0. The standard InChI is InChI=1S/3C2H6N2.Cu.H2O4S/c3*3-1-2-4;;1-5(2,3)4/h3*3-4H,1-2H2;;(H2,1,2,3,4)/q3*-2;+2;. The molecule has 0 fully saturated rings. The molecule has 0 heterocycles. The van der Waals surface area contributed by atoms with Crippen LogP contribution in [-0.4, -0.2) is 56.8 Å². The van der Waals surface area contributed by atoms with E-state index in [-0.39, 0.29) is 56.3 Å². The third-order valence-electron chi connectivity index (χ3n) is 0.375. The van der Waals surface area contributed by atoms with Gasteiger partial charge < -0.3 is 34.4 Å². The van der Waals surface area contributed by atoms with Gasteiger partial charge in [0.15, 0.2) is 0 Å². The molecule has 0 unspecified atom stereocenters. The van der Waals surface area contributed by atoms with Gasteiger partial charge in [-0.15, -0.1) is 0 Å². The Labute approximate surface area is 119 Å². The summed E-state index contributed by atoms with van der Waals surface area (Å²) in [6.07, 6.45) is 0. The molecule has 0 saturated heterocycles. The summed E-state index contributed by atoms with van der Waals surface area (Å²) < 4.78 is 31.6. The second kappa shape index (κ2) is 30.3. The molecule has 0 bridgehead atoms. The zero-order chi connectivity index (χ0) is 14.7. The maximum Gasteiger partial charge on any atom is 2.00 e. The van der Waals surface area contributed by atoms with Crippen molar-refractivity contribution in [3.8, 4) is 0 Å². The minimum absolute atomic E-state index is 0. The third kappa shape index (κ3) is 374. The Kier molecular flexibility index (Phi) is 52.0. The molecule has 10 nitrogen and oxygen atoms in total. The van der Waals surface area contributed by atoms with Crippen LogP contribution in [0.5, 0.6) is 0 Å². The fraction of sp³-hybridized carbons (Fsp3) is 1.00.